The highest BCUT2D eigenvalue weighted by Crippen LogP contribution is 2.27. The van der Waals surface area contributed by atoms with E-state index >= 15 is 0 Å². The quantitative estimate of drug-likeness (QED) is 0.879. The topological polar surface area (TPSA) is 32.3 Å². The maximum absolute atomic E-state index is 10.6. The normalized spacial score (nSPS) is 22.5. The molecule has 0 radical (unpaired) electrons. The van der Waals surface area contributed by atoms with E-state index in [1.54, 1.807) is 0 Å². The van der Waals surface area contributed by atoms with Crippen molar-refractivity contribution in [2.75, 3.05) is 0 Å². The van der Waals surface area contributed by atoms with Crippen molar-refractivity contribution in [1.82, 2.24) is 5.32 Å². The lowest BCUT2D eigenvalue weighted by molar-refractivity contribution is 0.125. The van der Waals surface area contributed by atoms with Gasteiger partial charge < -0.3 is 10.4 Å². The molecule has 2 aliphatic rings. The molecule has 2 nitrogen and oxygen atoms in total. The number of aryl methyl sites for hydroxylation is 2. The second-order valence-electron chi connectivity index (χ2n) is 6.62. The van der Waals surface area contributed by atoms with Crippen LogP contribution >= 0.6 is 0 Å². The minimum Gasteiger partial charge on any atom is -0.387 e. The molecule has 0 heterocycles. The molecule has 0 spiro atoms. The monoisotopic (exact) mass is 273 g/mol. The van der Waals surface area contributed by atoms with E-state index in [9.17, 15) is 5.11 Å². The van der Waals surface area contributed by atoms with Gasteiger partial charge in [-0.15, -0.1) is 0 Å². The summed E-state index contributed by atoms with van der Waals surface area (Å²) in [5.41, 5.74) is 4.02. The Bertz CT molecular complexity index is 451. The number of nitrogens with one attached hydrogen (secondary N) is 1. The van der Waals surface area contributed by atoms with E-state index in [1.165, 1.54) is 62.5 Å². The summed E-state index contributed by atoms with van der Waals surface area (Å²) in [4.78, 5) is 0. The van der Waals surface area contributed by atoms with Crippen molar-refractivity contribution in [1.29, 1.82) is 0 Å². The van der Waals surface area contributed by atoms with Crippen molar-refractivity contribution in [2.45, 2.75) is 76.5 Å². The fourth-order valence-corrected chi connectivity index (χ4v) is 3.80. The van der Waals surface area contributed by atoms with Crippen LogP contribution in [-0.4, -0.2) is 17.2 Å². The zero-order chi connectivity index (χ0) is 13.9. The van der Waals surface area contributed by atoms with Gasteiger partial charge in [-0.25, -0.2) is 0 Å². The van der Waals surface area contributed by atoms with Crippen molar-refractivity contribution in [3.05, 3.63) is 34.9 Å². The predicted molar refractivity (Wildman–Crippen MR) is 82.9 cm³/mol. The predicted octanol–water partition coefficient (Wildman–Crippen LogP) is 3.52. The maximum Gasteiger partial charge on any atom is 0.0940 e. The van der Waals surface area contributed by atoms with Crippen LogP contribution < -0.4 is 5.32 Å². The molecule has 2 aliphatic carbocycles. The highest BCUT2D eigenvalue weighted by molar-refractivity contribution is 5.36. The van der Waals surface area contributed by atoms with Gasteiger partial charge in [-0.2, -0.15) is 0 Å². The van der Waals surface area contributed by atoms with E-state index < -0.39 is 0 Å². The molecule has 1 aromatic carbocycles. The highest BCUT2D eigenvalue weighted by Gasteiger charge is 2.22. The smallest absolute Gasteiger partial charge is 0.0940 e. The Balaban J connectivity index is 1.63. The molecule has 0 bridgehead atoms. The Morgan fingerprint density at radius 1 is 1.05 bits per heavy atom. The van der Waals surface area contributed by atoms with Crippen LogP contribution in [0.2, 0.25) is 0 Å². The Kier molecular flexibility index (Phi) is 4.42. The van der Waals surface area contributed by atoms with Crippen molar-refractivity contribution in [3.8, 4) is 0 Å². The lowest BCUT2D eigenvalue weighted by Crippen LogP contribution is -2.41. The highest BCUT2D eigenvalue weighted by atomic mass is 16.3. The van der Waals surface area contributed by atoms with Gasteiger partial charge in [0, 0.05) is 12.1 Å². The number of aliphatic hydroxyl groups is 1. The third-order valence-electron chi connectivity index (χ3n) is 5.04. The SMILES string of the molecule is CC(NC1CCCCC1)C(O)c1ccc2c(c1)CCC2. The molecule has 2 unspecified atom stereocenters. The molecule has 2 N–H and O–H groups in total. The van der Waals surface area contributed by atoms with Crippen LogP contribution in [0, 0.1) is 0 Å². The molecular formula is C18H27NO. The van der Waals surface area contributed by atoms with Crippen LogP contribution in [0.1, 0.15) is 68.2 Å². The van der Waals surface area contributed by atoms with E-state index in [0.29, 0.717) is 6.04 Å². The lowest BCUT2D eigenvalue weighted by atomic mass is 9.93. The zero-order valence-corrected chi connectivity index (χ0v) is 12.6. The summed E-state index contributed by atoms with van der Waals surface area (Å²) in [5, 5.41) is 14.2. The van der Waals surface area contributed by atoms with E-state index in [-0.39, 0.29) is 12.1 Å². The van der Waals surface area contributed by atoms with Crippen molar-refractivity contribution >= 4 is 0 Å². The first-order valence-corrected chi connectivity index (χ1v) is 8.30. The third kappa shape index (κ3) is 3.07. The first-order valence-electron chi connectivity index (χ1n) is 8.30. The molecule has 1 fully saturated rings. The molecule has 0 amide bonds. The van der Waals surface area contributed by atoms with Crippen LogP contribution in [0.4, 0.5) is 0 Å². The van der Waals surface area contributed by atoms with Gasteiger partial charge in [-0.1, -0.05) is 37.5 Å². The van der Waals surface area contributed by atoms with Gasteiger partial charge in [0.1, 0.15) is 0 Å². The number of hydrogen-bond donors (Lipinski definition) is 2. The minimum atomic E-state index is -0.386. The summed E-state index contributed by atoms with van der Waals surface area (Å²) in [6.45, 7) is 2.12. The molecule has 0 aliphatic heterocycles. The lowest BCUT2D eigenvalue weighted by Gasteiger charge is -2.29. The first-order chi connectivity index (χ1) is 9.74. The minimum absolute atomic E-state index is 0.137. The van der Waals surface area contributed by atoms with Crippen LogP contribution in [0.15, 0.2) is 18.2 Å². The Hall–Kier alpha value is -0.860. The second kappa shape index (κ2) is 6.28. The molecule has 110 valence electrons. The van der Waals surface area contributed by atoms with Gasteiger partial charge >= 0.3 is 0 Å². The maximum atomic E-state index is 10.6. The average Bonchev–Trinajstić information content (AvgIpc) is 2.94. The number of fused-ring (bicyclic) bond motifs is 1. The summed E-state index contributed by atoms with van der Waals surface area (Å²) in [6.07, 6.45) is 9.84. The zero-order valence-electron chi connectivity index (χ0n) is 12.6. The van der Waals surface area contributed by atoms with E-state index in [2.05, 4.69) is 30.4 Å². The van der Waals surface area contributed by atoms with Gasteiger partial charge in [0.05, 0.1) is 6.10 Å². The summed E-state index contributed by atoms with van der Waals surface area (Å²) in [6, 6.07) is 7.30. The third-order valence-corrected chi connectivity index (χ3v) is 5.04. The van der Waals surface area contributed by atoms with Crippen LogP contribution in [0.3, 0.4) is 0 Å². The van der Waals surface area contributed by atoms with Crippen LogP contribution in [-0.2, 0) is 12.8 Å². The van der Waals surface area contributed by atoms with Gasteiger partial charge in [-0.05, 0) is 55.7 Å². The van der Waals surface area contributed by atoms with E-state index in [0.717, 1.165) is 5.56 Å². The fourth-order valence-electron chi connectivity index (χ4n) is 3.80. The van der Waals surface area contributed by atoms with Gasteiger partial charge in [0.25, 0.3) is 0 Å². The first kappa shape index (κ1) is 14.1. The second-order valence-corrected chi connectivity index (χ2v) is 6.62. The molecular weight excluding hydrogens is 246 g/mol. The number of rotatable bonds is 4. The molecule has 1 aromatic rings. The van der Waals surface area contributed by atoms with Crippen molar-refractivity contribution in [2.24, 2.45) is 0 Å². The Morgan fingerprint density at radius 3 is 2.60 bits per heavy atom. The van der Waals surface area contributed by atoms with E-state index in [1.807, 2.05) is 0 Å². The average molecular weight is 273 g/mol. The summed E-state index contributed by atoms with van der Waals surface area (Å²) in [7, 11) is 0. The molecule has 0 aromatic heterocycles. The van der Waals surface area contributed by atoms with Crippen molar-refractivity contribution < 1.29 is 5.11 Å². The number of aliphatic hydroxyl groups excluding tert-OH is 1. The Labute approximate surface area is 122 Å². The summed E-state index contributed by atoms with van der Waals surface area (Å²) >= 11 is 0. The van der Waals surface area contributed by atoms with Gasteiger partial charge in [-0.3, -0.25) is 0 Å². The summed E-state index contributed by atoms with van der Waals surface area (Å²) < 4.78 is 0. The van der Waals surface area contributed by atoms with Crippen molar-refractivity contribution in [3.63, 3.8) is 0 Å². The molecule has 0 saturated heterocycles. The van der Waals surface area contributed by atoms with Gasteiger partial charge in [0.2, 0.25) is 0 Å². The number of hydrogen-bond acceptors (Lipinski definition) is 2. The largest absolute Gasteiger partial charge is 0.387 e. The van der Waals surface area contributed by atoms with Gasteiger partial charge in [0.15, 0.2) is 0 Å². The van der Waals surface area contributed by atoms with Crippen LogP contribution in [0.5, 0.6) is 0 Å². The Morgan fingerprint density at radius 2 is 1.80 bits per heavy atom. The molecule has 1 saturated carbocycles. The summed E-state index contributed by atoms with van der Waals surface area (Å²) in [5.74, 6) is 0. The van der Waals surface area contributed by atoms with Crippen LogP contribution in [0.25, 0.3) is 0 Å². The molecule has 2 heteroatoms. The standard InChI is InChI=1S/C18H27NO/c1-13(19-17-8-3-2-4-9-17)18(20)16-11-10-14-6-5-7-15(14)12-16/h10-13,17-20H,2-9H2,1H3. The number of benzene rings is 1. The van der Waals surface area contributed by atoms with E-state index in [4.69, 9.17) is 0 Å². The molecule has 2 atom stereocenters. The molecule has 20 heavy (non-hydrogen) atoms. The fraction of sp³-hybridized carbons (Fsp3) is 0.667. The molecule has 3 rings (SSSR count).